The number of carbonyl (C=O) groups excluding carboxylic acids is 3. The van der Waals surface area contributed by atoms with Crippen molar-refractivity contribution in [2.45, 2.75) is 6.42 Å². The average molecular weight is 427 g/mol. The molecule has 3 rings (SSSR count). The Balaban J connectivity index is 1.29. The zero-order chi connectivity index (χ0) is 22.1. The summed E-state index contributed by atoms with van der Waals surface area (Å²) in [6.45, 7) is 3.71. The lowest BCUT2D eigenvalue weighted by Crippen LogP contribution is -2.49. The second-order valence-corrected chi connectivity index (χ2v) is 7.17. The molecule has 1 saturated heterocycles. The highest BCUT2D eigenvalue weighted by molar-refractivity contribution is 5.96. The zero-order valence-corrected chi connectivity index (χ0v) is 17.1. The van der Waals surface area contributed by atoms with Crippen molar-refractivity contribution in [2.24, 2.45) is 0 Å². The van der Waals surface area contributed by atoms with Crippen LogP contribution in [0.15, 0.2) is 54.6 Å². The summed E-state index contributed by atoms with van der Waals surface area (Å²) >= 11 is 0. The van der Waals surface area contributed by atoms with Crippen LogP contribution in [0.4, 0.5) is 10.1 Å². The lowest BCUT2D eigenvalue weighted by Gasteiger charge is -2.36. The van der Waals surface area contributed by atoms with E-state index < -0.39 is 17.6 Å². The maximum Gasteiger partial charge on any atom is 0.257 e. The van der Waals surface area contributed by atoms with Crippen LogP contribution >= 0.6 is 0 Å². The van der Waals surface area contributed by atoms with Gasteiger partial charge < -0.3 is 10.2 Å². The highest BCUT2D eigenvalue weighted by Gasteiger charge is 2.18. The van der Waals surface area contributed by atoms with Gasteiger partial charge in [0.15, 0.2) is 0 Å². The Labute approximate surface area is 180 Å². The predicted molar refractivity (Wildman–Crippen MR) is 115 cm³/mol. The second kappa shape index (κ2) is 11.1. The molecule has 2 aromatic carbocycles. The van der Waals surface area contributed by atoms with Crippen LogP contribution in [0.5, 0.6) is 0 Å². The van der Waals surface area contributed by atoms with Crippen LogP contribution in [0, 0.1) is 5.82 Å². The Hall–Kier alpha value is -3.46. The molecule has 0 saturated carbocycles. The second-order valence-electron chi connectivity index (χ2n) is 7.17. The minimum absolute atomic E-state index is 0.147. The van der Waals surface area contributed by atoms with Crippen LogP contribution in [-0.4, -0.2) is 61.9 Å². The number of hydrazine groups is 1. The molecule has 0 radical (unpaired) electrons. The molecule has 3 amide bonds. The number of anilines is 1. The van der Waals surface area contributed by atoms with E-state index in [9.17, 15) is 18.8 Å². The van der Waals surface area contributed by atoms with Gasteiger partial charge in [0.1, 0.15) is 5.82 Å². The van der Waals surface area contributed by atoms with Crippen molar-refractivity contribution in [3.8, 4) is 0 Å². The van der Waals surface area contributed by atoms with E-state index >= 15 is 0 Å². The molecule has 0 atom stereocenters. The van der Waals surface area contributed by atoms with Crippen molar-refractivity contribution in [3.05, 3.63) is 66.0 Å². The molecule has 1 fully saturated rings. The molecular weight excluding hydrogens is 401 g/mol. The molecule has 9 heteroatoms. The molecule has 1 aliphatic heterocycles. The minimum atomic E-state index is -0.700. The molecule has 0 unspecified atom stereocenters. The van der Waals surface area contributed by atoms with E-state index in [1.54, 1.807) is 0 Å². The van der Waals surface area contributed by atoms with Crippen LogP contribution in [0.2, 0.25) is 0 Å². The summed E-state index contributed by atoms with van der Waals surface area (Å²) in [4.78, 5) is 40.2. The van der Waals surface area contributed by atoms with Gasteiger partial charge in [0.05, 0.1) is 12.1 Å². The molecule has 31 heavy (non-hydrogen) atoms. The van der Waals surface area contributed by atoms with Gasteiger partial charge in [-0.25, -0.2) is 4.39 Å². The predicted octanol–water partition coefficient (Wildman–Crippen LogP) is 0.915. The summed E-state index contributed by atoms with van der Waals surface area (Å²) in [7, 11) is 0. The molecule has 8 nitrogen and oxygen atoms in total. The summed E-state index contributed by atoms with van der Waals surface area (Å²) < 4.78 is 13.5. The van der Waals surface area contributed by atoms with Crippen LogP contribution in [0.25, 0.3) is 0 Å². The number of piperazine rings is 1. The van der Waals surface area contributed by atoms with Crippen molar-refractivity contribution in [1.29, 1.82) is 0 Å². The fourth-order valence-corrected chi connectivity index (χ4v) is 3.28. The number of hydrogen-bond acceptors (Lipinski definition) is 5. The maximum atomic E-state index is 13.5. The lowest BCUT2D eigenvalue weighted by molar-refractivity contribution is -0.128. The van der Waals surface area contributed by atoms with E-state index in [2.05, 4.69) is 38.1 Å². The Morgan fingerprint density at radius 3 is 2.19 bits per heavy atom. The molecular formula is C22H26FN5O3. The van der Waals surface area contributed by atoms with Gasteiger partial charge in [-0.2, -0.15) is 0 Å². The normalized spacial score (nSPS) is 14.0. The largest absolute Gasteiger partial charge is 0.369 e. The van der Waals surface area contributed by atoms with Crippen LogP contribution in [0.3, 0.4) is 0 Å². The fraction of sp³-hybridized carbons (Fsp3) is 0.318. The highest BCUT2D eigenvalue weighted by Crippen LogP contribution is 2.15. The van der Waals surface area contributed by atoms with Crippen molar-refractivity contribution < 1.29 is 18.8 Å². The number of halogens is 1. The van der Waals surface area contributed by atoms with Crippen LogP contribution < -0.4 is 21.1 Å². The Kier molecular flexibility index (Phi) is 7.94. The molecule has 0 aromatic heterocycles. The first-order valence-corrected chi connectivity index (χ1v) is 10.2. The molecule has 1 heterocycles. The summed E-state index contributed by atoms with van der Waals surface area (Å²) in [6.07, 6.45) is 0.243. The highest BCUT2D eigenvalue weighted by atomic mass is 19.1. The summed E-state index contributed by atoms with van der Waals surface area (Å²) in [6, 6.07) is 15.7. The standard InChI is InChI=1S/C22H26FN5O3/c23-19-9-5-4-8-18(19)22(31)24-16-21(30)26-25-20(29)10-11-27-12-14-28(15-13-27)17-6-2-1-3-7-17/h1-9H,10-16H2,(H,24,31)(H,25,29)(H,26,30). The van der Waals surface area contributed by atoms with Crippen LogP contribution in [-0.2, 0) is 9.59 Å². The van der Waals surface area contributed by atoms with Gasteiger partial charge in [-0.05, 0) is 24.3 Å². The Morgan fingerprint density at radius 1 is 0.839 bits per heavy atom. The van der Waals surface area contributed by atoms with E-state index in [1.165, 1.54) is 23.9 Å². The third-order valence-electron chi connectivity index (χ3n) is 5.02. The molecule has 3 N–H and O–H groups in total. The van der Waals surface area contributed by atoms with E-state index in [4.69, 9.17) is 0 Å². The molecule has 0 spiro atoms. The quantitative estimate of drug-likeness (QED) is 0.572. The molecule has 0 bridgehead atoms. The fourth-order valence-electron chi connectivity index (χ4n) is 3.28. The van der Waals surface area contributed by atoms with Gasteiger partial charge in [-0.1, -0.05) is 30.3 Å². The van der Waals surface area contributed by atoms with Crippen molar-refractivity contribution in [1.82, 2.24) is 21.1 Å². The number of rotatable bonds is 7. The number of amides is 3. The Morgan fingerprint density at radius 2 is 1.48 bits per heavy atom. The topological polar surface area (TPSA) is 93.8 Å². The van der Waals surface area contributed by atoms with Crippen LogP contribution in [0.1, 0.15) is 16.8 Å². The third-order valence-corrected chi connectivity index (χ3v) is 5.02. The smallest absolute Gasteiger partial charge is 0.257 e. The van der Waals surface area contributed by atoms with Gasteiger partial charge >= 0.3 is 0 Å². The van der Waals surface area contributed by atoms with E-state index in [0.717, 1.165) is 32.2 Å². The van der Waals surface area contributed by atoms with Crippen molar-refractivity contribution in [3.63, 3.8) is 0 Å². The minimum Gasteiger partial charge on any atom is -0.369 e. The summed E-state index contributed by atoms with van der Waals surface area (Å²) in [5.74, 6) is -2.29. The monoisotopic (exact) mass is 427 g/mol. The van der Waals surface area contributed by atoms with Gasteiger partial charge in [0.2, 0.25) is 5.91 Å². The van der Waals surface area contributed by atoms with Crippen molar-refractivity contribution in [2.75, 3.05) is 44.2 Å². The maximum absolute atomic E-state index is 13.5. The van der Waals surface area contributed by atoms with E-state index in [0.29, 0.717) is 6.54 Å². The average Bonchev–Trinajstić information content (AvgIpc) is 2.81. The summed E-state index contributed by atoms with van der Waals surface area (Å²) in [5.41, 5.74) is 5.63. The molecule has 164 valence electrons. The van der Waals surface area contributed by atoms with E-state index in [1.807, 2.05) is 18.2 Å². The zero-order valence-electron chi connectivity index (χ0n) is 17.1. The first-order valence-electron chi connectivity index (χ1n) is 10.2. The number of para-hydroxylation sites is 1. The SMILES string of the molecule is O=C(CCN1CCN(c2ccccc2)CC1)NNC(=O)CNC(=O)c1ccccc1F. The number of carbonyl (C=O) groups is 3. The molecule has 0 aliphatic carbocycles. The first kappa shape index (κ1) is 22.2. The van der Waals surface area contributed by atoms with Gasteiger partial charge in [0, 0.05) is 44.8 Å². The number of benzene rings is 2. The number of hydrogen-bond donors (Lipinski definition) is 3. The van der Waals surface area contributed by atoms with E-state index in [-0.39, 0.29) is 24.4 Å². The first-order chi connectivity index (χ1) is 15.0. The number of nitrogens with one attached hydrogen (secondary N) is 3. The van der Waals surface area contributed by atoms with Gasteiger partial charge in [0.25, 0.3) is 11.8 Å². The third kappa shape index (κ3) is 6.78. The molecule has 1 aliphatic rings. The van der Waals surface area contributed by atoms with Crippen molar-refractivity contribution >= 4 is 23.4 Å². The number of nitrogens with zero attached hydrogens (tertiary/aromatic N) is 2. The van der Waals surface area contributed by atoms with Gasteiger partial charge in [-0.15, -0.1) is 0 Å². The van der Waals surface area contributed by atoms with Gasteiger partial charge in [-0.3, -0.25) is 30.1 Å². The lowest BCUT2D eigenvalue weighted by atomic mass is 10.2. The molecule has 2 aromatic rings. The summed E-state index contributed by atoms with van der Waals surface area (Å²) in [5, 5.41) is 2.31. The Bertz CT molecular complexity index is 901.